The van der Waals surface area contributed by atoms with Gasteiger partial charge < -0.3 is 14.6 Å². The molecular formula is C8H15N3O2. The van der Waals surface area contributed by atoms with E-state index < -0.39 is 0 Å². The maximum absolute atomic E-state index is 4.94. The Hall–Kier alpha value is -1.10. The van der Waals surface area contributed by atoms with E-state index in [9.17, 15) is 0 Å². The number of anilines is 1. The third-order valence-corrected chi connectivity index (χ3v) is 1.22. The van der Waals surface area contributed by atoms with E-state index in [2.05, 4.69) is 15.5 Å². The molecule has 1 heterocycles. The van der Waals surface area contributed by atoms with Crippen LogP contribution in [-0.4, -0.2) is 22.8 Å². The zero-order valence-electron chi connectivity index (χ0n) is 8.42. The van der Waals surface area contributed by atoms with Crippen molar-refractivity contribution in [1.82, 2.24) is 10.1 Å². The molecule has 13 heavy (non-hydrogen) atoms. The van der Waals surface area contributed by atoms with Crippen LogP contribution < -0.4 is 5.32 Å². The van der Waals surface area contributed by atoms with Crippen molar-refractivity contribution in [2.45, 2.75) is 32.9 Å². The number of hydrogen-bond acceptors (Lipinski definition) is 5. The normalized spacial score (nSPS) is 11.7. The Labute approximate surface area is 77.5 Å². The van der Waals surface area contributed by atoms with Crippen molar-refractivity contribution >= 4 is 6.01 Å². The van der Waals surface area contributed by atoms with E-state index >= 15 is 0 Å². The van der Waals surface area contributed by atoms with Crippen LogP contribution >= 0.6 is 0 Å². The van der Waals surface area contributed by atoms with Crippen LogP contribution in [0.4, 0.5) is 6.01 Å². The van der Waals surface area contributed by atoms with Gasteiger partial charge in [-0.1, -0.05) is 5.16 Å². The fraction of sp³-hybridized carbons (Fsp3) is 0.750. The van der Waals surface area contributed by atoms with Crippen LogP contribution in [-0.2, 0) is 11.3 Å². The minimum Gasteiger partial charge on any atom is -0.377 e. The number of rotatable bonds is 3. The summed E-state index contributed by atoms with van der Waals surface area (Å²) in [5.41, 5.74) is -0.0725. The van der Waals surface area contributed by atoms with Crippen molar-refractivity contribution in [2.75, 3.05) is 12.4 Å². The first-order valence-electron chi connectivity index (χ1n) is 4.11. The fourth-order valence-electron chi connectivity index (χ4n) is 0.813. The molecule has 0 atom stereocenters. The smallest absolute Gasteiger partial charge is 0.321 e. The average Bonchev–Trinajstić information content (AvgIpc) is 2.33. The summed E-state index contributed by atoms with van der Waals surface area (Å²) in [6, 6.07) is 0.430. The predicted molar refractivity (Wildman–Crippen MR) is 48.4 cm³/mol. The topological polar surface area (TPSA) is 60.2 Å². The molecule has 0 aliphatic heterocycles. The van der Waals surface area contributed by atoms with Crippen LogP contribution in [0.3, 0.4) is 0 Å². The second-order valence-electron chi connectivity index (χ2n) is 3.82. The molecule has 0 bridgehead atoms. The van der Waals surface area contributed by atoms with Gasteiger partial charge in [0.15, 0.2) is 5.82 Å². The number of nitrogens with zero attached hydrogens (tertiary/aromatic N) is 2. The molecule has 0 aromatic carbocycles. The van der Waals surface area contributed by atoms with Gasteiger partial charge in [0.2, 0.25) is 0 Å². The quantitative estimate of drug-likeness (QED) is 0.771. The summed E-state index contributed by atoms with van der Waals surface area (Å²) in [7, 11) is 1.59. The first-order chi connectivity index (χ1) is 6.01. The van der Waals surface area contributed by atoms with Crippen molar-refractivity contribution in [2.24, 2.45) is 0 Å². The molecule has 0 spiro atoms. The first kappa shape index (κ1) is 9.98. The Kier molecular flexibility index (Phi) is 2.87. The molecular weight excluding hydrogens is 170 g/mol. The van der Waals surface area contributed by atoms with Gasteiger partial charge in [0.1, 0.15) is 6.61 Å². The lowest BCUT2D eigenvalue weighted by Gasteiger charge is -2.17. The second kappa shape index (κ2) is 3.74. The molecule has 1 aromatic rings. The Balaban J connectivity index is 2.59. The monoisotopic (exact) mass is 185 g/mol. The van der Waals surface area contributed by atoms with E-state index in [0.717, 1.165) is 0 Å². The third-order valence-electron chi connectivity index (χ3n) is 1.22. The maximum Gasteiger partial charge on any atom is 0.321 e. The van der Waals surface area contributed by atoms with Crippen LogP contribution in [0.15, 0.2) is 4.52 Å². The second-order valence-corrected chi connectivity index (χ2v) is 3.82. The van der Waals surface area contributed by atoms with Gasteiger partial charge in [0.25, 0.3) is 0 Å². The Morgan fingerprint density at radius 1 is 1.46 bits per heavy atom. The van der Waals surface area contributed by atoms with Gasteiger partial charge in [0.05, 0.1) is 0 Å². The number of ether oxygens (including phenoxy) is 1. The predicted octanol–water partition coefficient (Wildman–Crippen LogP) is 1.43. The molecule has 5 heteroatoms. The lowest BCUT2D eigenvalue weighted by molar-refractivity contribution is 0.174. The highest BCUT2D eigenvalue weighted by atomic mass is 16.5. The summed E-state index contributed by atoms with van der Waals surface area (Å²) in [6.45, 7) is 6.43. The molecule has 0 amide bonds. The van der Waals surface area contributed by atoms with Gasteiger partial charge in [-0.25, -0.2) is 0 Å². The van der Waals surface area contributed by atoms with Gasteiger partial charge in [-0.05, 0) is 20.8 Å². The van der Waals surface area contributed by atoms with Gasteiger partial charge >= 0.3 is 6.01 Å². The van der Waals surface area contributed by atoms with Crippen molar-refractivity contribution < 1.29 is 9.26 Å². The molecule has 1 rings (SSSR count). The van der Waals surface area contributed by atoms with E-state index in [4.69, 9.17) is 9.26 Å². The molecule has 74 valence electrons. The fourth-order valence-corrected chi connectivity index (χ4v) is 0.813. The van der Waals surface area contributed by atoms with E-state index in [1.807, 2.05) is 20.8 Å². The minimum absolute atomic E-state index is 0.0725. The SMILES string of the molecule is COCc1noc(NC(C)(C)C)n1. The number of aromatic nitrogens is 2. The third kappa shape index (κ3) is 3.42. The Morgan fingerprint density at radius 2 is 2.15 bits per heavy atom. The van der Waals surface area contributed by atoms with Crippen LogP contribution in [0, 0.1) is 0 Å². The largest absolute Gasteiger partial charge is 0.377 e. The lowest BCUT2D eigenvalue weighted by atomic mass is 10.1. The molecule has 0 aliphatic rings. The highest BCUT2D eigenvalue weighted by Gasteiger charge is 2.14. The van der Waals surface area contributed by atoms with Crippen molar-refractivity contribution in [3.8, 4) is 0 Å². The van der Waals surface area contributed by atoms with Crippen molar-refractivity contribution in [1.29, 1.82) is 0 Å². The molecule has 1 aromatic heterocycles. The summed E-state index contributed by atoms with van der Waals surface area (Å²) >= 11 is 0. The maximum atomic E-state index is 4.94. The summed E-state index contributed by atoms with van der Waals surface area (Å²) in [5, 5.41) is 6.78. The molecule has 0 radical (unpaired) electrons. The summed E-state index contributed by atoms with van der Waals surface area (Å²) in [5.74, 6) is 0.550. The van der Waals surface area contributed by atoms with E-state index in [-0.39, 0.29) is 5.54 Å². The Morgan fingerprint density at radius 3 is 2.69 bits per heavy atom. The zero-order valence-corrected chi connectivity index (χ0v) is 8.42. The molecule has 0 saturated heterocycles. The van der Waals surface area contributed by atoms with Gasteiger partial charge in [-0.15, -0.1) is 0 Å². The van der Waals surface area contributed by atoms with Crippen LogP contribution in [0.2, 0.25) is 0 Å². The highest BCUT2D eigenvalue weighted by molar-refractivity contribution is 5.22. The molecule has 0 aliphatic carbocycles. The lowest BCUT2D eigenvalue weighted by Crippen LogP contribution is -2.26. The summed E-state index contributed by atoms with van der Waals surface area (Å²) in [4.78, 5) is 4.07. The summed E-state index contributed by atoms with van der Waals surface area (Å²) in [6.07, 6.45) is 0. The Bertz CT molecular complexity index is 265. The van der Waals surface area contributed by atoms with E-state index in [1.54, 1.807) is 7.11 Å². The molecule has 0 unspecified atom stereocenters. The number of methoxy groups -OCH3 is 1. The molecule has 0 saturated carbocycles. The number of hydrogen-bond donors (Lipinski definition) is 1. The van der Waals surface area contributed by atoms with Crippen LogP contribution in [0.1, 0.15) is 26.6 Å². The number of nitrogens with one attached hydrogen (secondary N) is 1. The van der Waals surface area contributed by atoms with Crippen molar-refractivity contribution in [3.05, 3.63) is 5.82 Å². The van der Waals surface area contributed by atoms with E-state index in [1.165, 1.54) is 0 Å². The van der Waals surface area contributed by atoms with Gasteiger partial charge in [-0.2, -0.15) is 4.98 Å². The zero-order chi connectivity index (χ0) is 9.90. The van der Waals surface area contributed by atoms with Gasteiger partial charge in [-0.3, -0.25) is 0 Å². The molecule has 1 N–H and O–H groups in total. The molecule has 0 fully saturated rings. The minimum atomic E-state index is -0.0725. The highest BCUT2D eigenvalue weighted by Crippen LogP contribution is 2.11. The van der Waals surface area contributed by atoms with E-state index in [0.29, 0.717) is 18.4 Å². The standard InChI is InChI=1S/C8H15N3O2/c1-8(2,3)10-7-9-6(5-12-4)11-13-7/h5H2,1-4H3,(H,9,10,11). The first-order valence-corrected chi connectivity index (χ1v) is 4.11. The van der Waals surface area contributed by atoms with Crippen molar-refractivity contribution in [3.63, 3.8) is 0 Å². The average molecular weight is 185 g/mol. The van der Waals surface area contributed by atoms with Crippen LogP contribution in [0.25, 0.3) is 0 Å². The summed E-state index contributed by atoms with van der Waals surface area (Å²) < 4.78 is 9.80. The van der Waals surface area contributed by atoms with Crippen LogP contribution in [0.5, 0.6) is 0 Å². The van der Waals surface area contributed by atoms with Gasteiger partial charge in [0, 0.05) is 12.6 Å². The molecule has 5 nitrogen and oxygen atoms in total.